The molecule has 2 N–H and O–H groups in total. The molecule has 2 aromatic rings. The highest BCUT2D eigenvalue weighted by molar-refractivity contribution is 6.35. The Hall–Kier alpha value is -1.78. The van der Waals surface area contributed by atoms with E-state index in [0.29, 0.717) is 5.02 Å². The van der Waals surface area contributed by atoms with Gasteiger partial charge in [0.05, 0.1) is 10.7 Å². The van der Waals surface area contributed by atoms with Crippen molar-refractivity contribution >= 4 is 34.8 Å². The van der Waals surface area contributed by atoms with Gasteiger partial charge in [0.2, 0.25) is 0 Å². The Morgan fingerprint density at radius 1 is 1.21 bits per heavy atom. The topological polar surface area (TPSA) is 49.3 Å². The van der Waals surface area contributed by atoms with Crippen LogP contribution in [0.1, 0.15) is 10.4 Å². The zero-order valence-electron chi connectivity index (χ0n) is 9.45. The van der Waals surface area contributed by atoms with E-state index in [9.17, 15) is 14.3 Å². The number of carbonyl (C=O) groups excluding carboxylic acids is 1. The molecular formula is C13H8Cl2FNO2. The fourth-order valence-corrected chi connectivity index (χ4v) is 1.85. The second-order valence-corrected chi connectivity index (χ2v) is 4.56. The molecule has 6 heteroatoms. The van der Waals surface area contributed by atoms with Gasteiger partial charge in [0.15, 0.2) is 0 Å². The zero-order valence-corrected chi connectivity index (χ0v) is 11.0. The van der Waals surface area contributed by atoms with Crippen LogP contribution in [0.5, 0.6) is 5.75 Å². The van der Waals surface area contributed by atoms with Crippen LogP contribution >= 0.6 is 23.2 Å². The molecule has 0 aromatic heterocycles. The highest BCUT2D eigenvalue weighted by atomic mass is 35.5. The predicted octanol–water partition coefficient (Wildman–Crippen LogP) is 4.09. The van der Waals surface area contributed by atoms with Gasteiger partial charge in [-0.2, -0.15) is 0 Å². The third-order valence-corrected chi connectivity index (χ3v) is 2.96. The number of hydrogen-bond donors (Lipinski definition) is 2. The van der Waals surface area contributed by atoms with E-state index in [1.807, 2.05) is 0 Å². The van der Waals surface area contributed by atoms with Gasteiger partial charge in [-0.3, -0.25) is 4.79 Å². The average molecular weight is 300 g/mol. The maximum Gasteiger partial charge on any atom is 0.262 e. The smallest absolute Gasteiger partial charge is 0.262 e. The first-order chi connectivity index (χ1) is 8.99. The van der Waals surface area contributed by atoms with Gasteiger partial charge in [0, 0.05) is 5.02 Å². The van der Waals surface area contributed by atoms with Crippen molar-refractivity contribution in [3.05, 3.63) is 57.8 Å². The molecule has 0 spiro atoms. The summed E-state index contributed by atoms with van der Waals surface area (Å²) in [6.45, 7) is 0. The molecular weight excluding hydrogens is 292 g/mol. The van der Waals surface area contributed by atoms with Crippen molar-refractivity contribution in [1.29, 1.82) is 0 Å². The molecule has 3 nitrogen and oxygen atoms in total. The number of carbonyl (C=O) groups is 1. The normalized spacial score (nSPS) is 10.3. The van der Waals surface area contributed by atoms with Gasteiger partial charge in [-0.1, -0.05) is 29.3 Å². The van der Waals surface area contributed by atoms with Crippen LogP contribution in [0.4, 0.5) is 10.1 Å². The third kappa shape index (κ3) is 2.97. The van der Waals surface area contributed by atoms with Crippen molar-refractivity contribution in [2.24, 2.45) is 0 Å². The Morgan fingerprint density at radius 3 is 2.63 bits per heavy atom. The molecule has 2 rings (SSSR count). The van der Waals surface area contributed by atoms with Gasteiger partial charge < -0.3 is 10.4 Å². The minimum Gasteiger partial charge on any atom is -0.507 e. The Balaban J connectivity index is 2.34. The molecule has 2 aromatic carbocycles. The van der Waals surface area contributed by atoms with E-state index in [1.54, 1.807) is 6.07 Å². The zero-order chi connectivity index (χ0) is 14.0. The maximum absolute atomic E-state index is 13.5. The van der Waals surface area contributed by atoms with Gasteiger partial charge in [-0.05, 0) is 30.3 Å². The van der Waals surface area contributed by atoms with E-state index in [0.717, 1.165) is 6.07 Å². The Kier molecular flexibility index (Phi) is 3.93. The third-order valence-electron chi connectivity index (χ3n) is 2.40. The van der Waals surface area contributed by atoms with Crippen molar-refractivity contribution < 1.29 is 14.3 Å². The Bertz CT molecular complexity index is 626. The number of nitrogens with one attached hydrogen (secondary N) is 1. The van der Waals surface area contributed by atoms with Gasteiger partial charge in [0.1, 0.15) is 17.1 Å². The van der Waals surface area contributed by atoms with Crippen LogP contribution in [0.2, 0.25) is 10.0 Å². The minimum atomic E-state index is -0.823. The van der Waals surface area contributed by atoms with Crippen molar-refractivity contribution in [2.45, 2.75) is 0 Å². The predicted molar refractivity (Wildman–Crippen MR) is 72.5 cm³/mol. The lowest BCUT2D eigenvalue weighted by Crippen LogP contribution is -2.14. The summed E-state index contributed by atoms with van der Waals surface area (Å²) in [5.41, 5.74) is -0.208. The number of aromatic hydroxyl groups is 1. The summed E-state index contributed by atoms with van der Waals surface area (Å²) in [6.07, 6.45) is 0. The molecule has 0 saturated carbocycles. The van der Waals surface area contributed by atoms with Gasteiger partial charge in [0.25, 0.3) is 5.91 Å². The highest BCUT2D eigenvalue weighted by Gasteiger charge is 2.17. The van der Waals surface area contributed by atoms with Crippen LogP contribution in [0.25, 0.3) is 0 Å². The highest BCUT2D eigenvalue weighted by Crippen LogP contribution is 2.27. The Morgan fingerprint density at radius 2 is 1.95 bits per heavy atom. The largest absolute Gasteiger partial charge is 0.507 e. The molecule has 0 bridgehead atoms. The van der Waals surface area contributed by atoms with E-state index < -0.39 is 23.0 Å². The maximum atomic E-state index is 13.5. The van der Waals surface area contributed by atoms with E-state index in [-0.39, 0.29) is 10.7 Å². The molecule has 19 heavy (non-hydrogen) atoms. The second kappa shape index (κ2) is 5.47. The van der Waals surface area contributed by atoms with Crippen molar-refractivity contribution in [3.63, 3.8) is 0 Å². The fourth-order valence-electron chi connectivity index (χ4n) is 1.52. The van der Waals surface area contributed by atoms with Crippen LogP contribution in [0.3, 0.4) is 0 Å². The second-order valence-electron chi connectivity index (χ2n) is 3.71. The summed E-state index contributed by atoms with van der Waals surface area (Å²) in [4.78, 5) is 11.9. The number of halogens is 3. The number of anilines is 1. The molecule has 98 valence electrons. The first-order valence-corrected chi connectivity index (χ1v) is 5.98. The average Bonchev–Trinajstić information content (AvgIpc) is 2.33. The van der Waals surface area contributed by atoms with Gasteiger partial charge in [-0.25, -0.2) is 4.39 Å². The van der Waals surface area contributed by atoms with E-state index in [4.69, 9.17) is 23.2 Å². The summed E-state index contributed by atoms with van der Waals surface area (Å²) in [6, 6.07) is 8.08. The lowest BCUT2D eigenvalue weighted by molar-refractivity contribution is 0.102. The van der Waals surface area contributed by atoms with Crippen molar-refractivity contribution in [1.82, 2.24) is 0 Å². The monoisotopic (exact) mass is 299 g/mol. The van der Waals surface area contributed by atoms with Gasteiger partial charge >= 0.3 is 0 Å². The summed E-state index contributed by atoms with van der Waals surface area (Å²) >= 11 is 11.7. The number of amides is 1. The summed E-state index contributed by atoms with van der Waals surface area (Å²) in [5.74, 6) is -2.08. The van der Waals surface area contributed by atoms with Crippen LogP contribution in [0, 0.1) is 5.82 Å². The summed E-state index contributed by atoms with van der Waals surface area (Å²) < 4.78 is 13.5. The molecule has 0 unspecified atom stereocenters. The quantitative estimate of drug-likeness (QED) is 0.877. The van der Waals surface area contributed by atoms with Crippen LogP contribution < -0.4 is 5.32 Å². The number of phenolic OH excluding ortho intramolecular Hbond substituents is 1. The standard InChI is InChI=1S/C13H8Cl2FNO2/c14-7-4-5-8(15)10(6-7)17-13(19)12-9(16)2-1-3-11(12)18/h1-6,18H,(H,17,19). The van der Waals surface area contributed by atoms with Gasteiger partial charge in [-0.15, -0.1) is 0 Å². The minimum absolute atomic E-state index is 0.238. The van der Waals surface area contributed by atoms with Crippen LogP contribution in [0.15, 0.2) is 36.4 Å². The SMILES string of the molecule is O=C(Nc1cc(Cl)ccc1Cl)c1c(O)cccc1F. The van der Waals surface area contributed by atoms with E-state index >= 15 is 0 Å². The van der Waals surface area contributed by atoms with Crippen LogP contribution in [-0.4, -0.2) is 11.0 Å². The summed E-state index contributed by atoms with van der Waals surface area (Å²) in [7, 11) is 0. The summed E-state index contributed by atoms with van der Waals surface area (Å²) in [5, 5.41) is 12.5. The molecule has 0 saturated heterocycles. The van der Waals surface area contributed by atoms with E-state index in [2.05, 4.69) is 5.32 Å². The number of hydrogen-bond acceptors (Lipinski definition) is 2. The number of phenols is 1. The first-order valence-electron chi connectivity index (χ1n) is 5.23. The molecule has 0 heterocycles. The molecule has 0 aliphatic heterocycles. The van der Waals surface area contributed by atoms with Crippen molar-refractivity contribution in [2.75, 3.05) is 5.32 Å². The number of rotatable bonds is 2. The molecule has 0 aliphatic carbocycles. The molecule has 0 atom stereocenters. The molecule has 1 amide bonds. The molecule has 0 aliphatic rings. The van der Waals surface area contributed by atoms with E-state index in [1.165, 1.54) is 24.3 Å². The fraction of sp³-hybridized carbons (Fsp3) is 0. The van der Waals surface area contributed by atoms with Crippen LogP contribution in [-0.2, 0) is 0 Å². The molecule has 0 fully saturated rings. The Labute approximate surface area is 118 Å². The molecule has 0 radical (unpaired) electrons. The lowest BCUT2D eigenvalue weighted by Gasteiger charge is -2.09. The first kappa shape index (κ1) is 13.6. The lowest BCUT2D eigenvalue weighted by atomic mass is 10.1. The van der Waals surface area contributed by atoms with Crippen molar-refractivity contribution in [3.8, 4) is 5.75 Å². The number of benzene rings is 2.